The second-order valence-corrected chi connectivity index (χ2v) is 7.26. The van der Waals surface area contributed by atoms with Gasteiger partial charge in [0.2, 0.25) is 5.91 Å². The molecule has 28 heavy (non-hydrogen) atoms. The van der Waals surface area contributed by atoms with E-state index >= 15 is 0 Å². The summed E-state index contributed by atoms with van der Waals surface area (Å²) in [6.45, 7) is 6.90. The summed E-state index contributed by atoms with van der Waals surface area (Å²) in [7, 11) is 0. The van der Waals surface area contributed by atoms with Gasteiger partial charge in [0.05, 0.1) is 4.92 Å². The average Bonchev–Trinajstić information content (AvgIpc) is 2.61. The lowest BCUT2D eigenvalue weighted by atomic mass is 9.95. The number of nitrogens with one attached hydrogen (secondary N) is 2. The van der Waals surface area contributed by atoms with Gasteiger partial charge in [-0.05, 0) is 31.2 Å². The molecule has 2 aromatic carbocycles. The van der Waals surface area contributed by atoms with Crippen LogP contribution in [0, 0.1) is 15.5 Å². The second-order valence-electron chi connectivity index (χ2n) is 7.26. The first kappa shape index (κ1) is 20.9. The molecule has 0 aliphatic heterocycles. The third-order valence-corrected chi connectivity index (χ3v) is 3.80. The minimum atomic E-state index is -0.964. The van der Waals surface area contributed by atoms with E-state index in [0.717, 1.165) is 0 Å². The maximum Gasteiger partial charge on any atom is 0.310 e. The second kappa shape index (κ2) is 8.51. The fourth-order valence-corrected chi connectivity index (χ4v) is 2.19. The Morgan fingerprint density at radius 1 is 1.04 bits per heavy atom. The summed E-state index contributed by atoms with van der Waals surface area (Å²) >= 11 is 0. The van der Waals surface area contributed by atoms with Gasteiger partial charge in [-0.1, -0.05) is 39.0 Å². The van der Waals surface area contributed by atoms with Crippen LogP contribution in [0.2, 0.25) is 0 Å². The van der Waals surface area contributed by atoms with Crippen molar-refractivity contribution in [2.75, 3.05) is 10.6 Å². The molecular formula is C20H23N3O5. The van der Waals surface area contributed by atoms with Gasteiger partial charge in [0.25, 0.3) is 5.91 Å². The van der Waals surface area contributed by atoms with Crippen molar-refractivity contribution in [2.45, 2.75) is 33.8 Å². The van der Waals surface area contributed by atoms with Crippen LogP contribution in [0.1, 0.15) is 27.7 Å². The van der Waals surface area contributed by atoms with Crippen molar-refractivity contribution in [3.05, 3.63) is 58.6 Å². The van der Waals surface area contributed by atoms with Crippen molar-refractivity contribution in [3.8, 4) is 5.75 Å². The molecule has 0 fully saturated rings. The van der Waals surface area contributed by atoms with E-state index in [-0.39, 0.29) is 17.3 Å². The van der Waals surface area contributed by atoms with Gasteiger partial charge < -0.3 is 15.4 Å². The molecule has 2 amide bonds. The van der Waals surface area contributed by atoms with Crippen LogP contribution in [-0.4, -0.2) is 22.8 Å². The zero-order valence-corrected chi connectivity index (χ0v) is 16.2. The number of anilines is 2. The molecule has 148 valence electrons. The molecule has 2 rings (SSSR count). The van der Waals surface area contributed by atoms with Crippen molar-refractivity contribution in [2.24, 2.45) is 5.41 Å². The largest absolute Gasteiger partial charge is 0.474 e. The van der Waals surface area contributed by atoms with Gasteiger partial charge in [0, 0.05) is 22.9 Å². The molecular weight excluding hydrogens is 362 g/mol. The molecule has 0 saturated carbocycles. The van der Waals surface area contributed by atoms with E-state index in [2.05, 4.69) is 10.6 Å². The van der Waals surface area contributed by atoms with Gasteiger partial charge in [-0.3, -0.25) is 19.7 Å². The van der Waals surface area contributed by atoms with Crippen molar-refractivity contribution < 1.29 is 19.2 Å². The first-order valence-corrected chi connectivity index (χ1v) is 8.70. The van der Waals surface area contributed by atoms with Gasteiger partial charge in [-0.2, -0.15) is 0 Å². The highest BCUT2D eigenvalue weighted by atomic mass is 16.6. The van der Waals surface area contributed by atoms with Crippen molar-refractivity contribution >= 4 is 28.9 Å². The number of hydrogen-bond donors (Lipinski definition) is 2. The molecule has 0 bridgehead atoms. The average molecular weight is 385 g/mol. The van der Waals surface area contributed by atoms with E-state index in [1.54, 1.807) is 51.1 Å². The molecule has 0 heterocycles. The molecule has 0 aliphatic carbocycles. The zero-order valence-electron chi connectivity index (χ0n) is 16.2. The highest BCUT2D eigenvalue weighted by molar-refractivity contribution is 5.97. The Bertz CT molecular complexity index is 889. The van der Waals surface area contributed by atoms with E-state index in [9.17, 15) is 19.7 Å². The maximum atomic E-state index is 12.4. The first-order chi connectivity index (χ1) is 13.1. The van der Waals surface area contributed by atoms with Crippen LogP contribution in [0.5, 0.6) is 5.75 Å². The third kappa shape index (κ3) is 5.54. The highest BCUT2D eigenvalue weighted by Gasteiger charge is 2.22. The summed E-state index contributed by atoms with van der Waals surface area (Å²) in [4.78, 5) is 35.0. The molecule has 0 aliphatic rings. The van der Waals surface area contributed by atoms with Gasteiger partial charge in [-0.25, -0.2) is 0 Å². The van der Waals surface area contributed by atoms with Crippen LogP contribution in [0.4, 0.5) is 17.1 Å². The van der Waals surface area contributed by atoms with Gasteiger partial charge >= 0.3 is 5.69 Å². The highest BCUT2D eigenvalue weighted by Crippen LogP contribution is 2.27. The number of nitro benzene ring substituents is 1. The molecule has 2 aromatic rings. The molecule has 2 N–H and O–H groups in total. The lowest BCUT2D eigenvalue weighted by Crippen LogP contribution is -2.30. The van der Waals surface area contributed by atoms with E-state index in [1.807, 2.05) is 0 Å². The van der Waals surface area contributed by atoms with Crippen LogP contribution >= 0.6 is 0 Å². The Labute approximate surface area is 163 Å². The van der Waals surface area contributed by atoms with Crippen molar-refractivity contribution in [1.82, 2.24) is 0 Å². The third-order valence-electron chi connectivity index (χ3n) is 3.80. The molecule has 0 radical (unpaired) electrons. The number of hydrogen-bond acceptors (Lipinski definition) is 5. The minimum Gasteiger partial charge on any atom is -0.474 e. The molecule has 0 saturated heterocycles. The monoisotopic (exact) mass is 385 g/mol. The molecule has 8 nitrogen and oxygen atoms in total. The number of ether oxygens (including phenoxy) is 1. The van der Waals surface area contributed by atoms with Crippen molar-refractivity contribution in [3.63, 3.8) is 0 Å². The Kier molecular flexibility index (Phi) is 6.35. The molecule has 1 atom stereocenters. The van der Waals surface area contributed by atoms with Gasteiger partial charge in [0.15, 0.2) is 11.9 Å². The summed E-state index contributed by atoms with van der Waals surface area (Å²) in [5, 5.41) is 16.5. The Morgan fingerprint density at radius 3 is 2.25 bits per heavy atom. The van der Waals surface area contributed by atoms with E-state index < -0.39 is 22.3 Å². The number of carbonyl (C=O) groups excluding carboxylic acids is 2. The van der Waals surface area contributed by atoms with Crippen LogP contribution in [0.3, 0.4) is 0 Å². The fraction of sp³-hybridized carbons (Fsp3) is 0.300. The van der Waals surface area contributed by atoms with E-state index in [0.29, 0.717) is 11.4 Å². The van der Waals surface area contributed by atoms with Crippen LogP contribution < -0.4 is 15.4 Å². The summed E-state index contributed by atoms with van der Waals surface area (Å²) in [6, 6.07) is 12.6. The fourth-order valence-electron chi connectivity index (χ4n) is 2.19. The summed E-state index contributed by atoms with van der Waals surface area (Å²) in [6.07, 6.45) is -0.964. The predicted molar refractivity (Wildman–Crippen MR) is 106 cm³/mol. The predicted octanol–water partition coefficient (Wildman–Crippen LogP) is 3.99. The van der Waals surface area contributed by atoms with E-state index in [4.69, 9.17) is 4.74 Å². The maximum absolute atomic E-state index is 12.4. The number of rotatable bonds is 6. The lowest BCUT2D eigenvalue weighted by Gasteiger charge is -2.18. The molecule has 0 aromatic heterocycles. The van der Waals surface area contributed by atoms with Crippen LogP contribution in [0.15, 0.2) is 48.5 Å². The normalized spacial score (nSPS) is 12.0. The Balaban J connectivity index is 2.06. The quantitative estimate of drug-likeness (QED) is 0.577. The number of nitro groups is 1. The molecule has 1 unspecified atom stereocenters. The number of para-hydroxylation sites is 2. The number of nitrogens with zero attached hydrogens (tertiary/aromatic N) is 1. The Hall–Kier alpha value is -3.42. The van der Waals surface area contributed by atoms with Crippen LogP contribution in [-0.2, 0) is 9.59 Å². The summed E-state index contributed by atoms with van der Waals surface area (Å²) < 4.78 is 5.46. The topological polar surface area (TPSA) is 111 Å². The van der Waals surface area contributed by atoms with E-state index in [1.165, 1.54) is 25.1 Å². The molecule has 8 heteroatoms. The summed E-state index contributed by atoms with van der Waals surface area (Å²) in [5.41, 5.74) is 0.250. The first-order valence-electron chi connectivity index (χ1n) is 8.70. The number of benzene rings is 2. The van der Waals surface area contributed by atoms with Gasteiger partial charge in [0.1, 0.15) is 0 Å². The van der Waals surface area contributed by atoms with Gasteiger partial charge in [-0.15, -0.1) is 0 Å². The Morgan fingerprint density at radius 2 is 1.64 bits per heavy atom. The van der Waals surface area contributed by atoms with Crippen molar-refractivity contribution in [1.29, 1.82) is 0 Å². The lowest BCUT2D eigenvalue weighted by molar-refractivity contribution is -0.386. The minimum absolute atomic E-state index is 0.0151. The van der Waals surface area contributed by atoms with Crippen LogP contribution in [0.25, 0.3) is 0 Å². The zero-order chi connectivity index (χ0) is 20.9. The SMILES string of the molecule is CC(Oc1ccccc1[N+](=O)[O-])C(=O)Nc1cccc(NC(=O)C(C)(C)C)c1. The summed E-state index contributed by atoms with van der Waals surface area (Å²) in [5.74, 6) is -0.608. The smallest absolute Gasteiger partial charge is 0.310 e. The number of amides is 2. The molecule has 0 spiro atoms. The number of carbonyl (C=O) groups is 2. The standard InChI is InChI=1S/C20H23N3O5/c1-13(28-17-11-6-5-10-16(17)23(26)27)18(24)21-14-8-7-9-15(12-14)22-19(25)20(2,3)4/h5-13H,1-4H3,(H,21,24)(H,22,25).